The number of nitrogens with one attached hydrogen (secondary N) is 2. The number of hydrogen-bond acceptors (Lipinski definition) is 5. The Morgan fingerprint density at radius 1 is 1.14 bits per heavy atom. The van der Waals surface area contributed by atoms with E-state index in [2.05, 4.69) is 15.6 Å². The van der Waals surface area contributed by atoms with Gasteiger partial charge in [0.05, 0.1) is 18.7 Å². The Bertz CT molecular complexity index is 788. The van der Waals surface area contributed by atoms with E-state index in [9.17, 15) is 9.59 Å². The van der Waals surface area contributed by atoms with Gasteiger partial charge in [0.15, 0.2) is 0 Å². The lowest BCUT2D eigenvalue weighted by Gasteiger charge is -2.22. The molecule has 1 aromatic heterocycles. The van der Waals surface area contributed by atoms with E-state index in [1.807, 2.05) is 5.38 Å². The van der Waals surface area contributed by atoms with E-state index < -0.39 is 0 Å². The van der Waals surface area contributed by atoms with Crippen LogP contribution in [0.5, 0.6) is 5.75 Å². The summed E-state index contributed by atoms with van der Waals surface area (Å²) in [5, 5.41) is 8.92. The van der Waals surface area contributed by atoms with Gasteiger partial charge in [-0.05, 0) is 37.1 Å². The molecule has 0 radical (unpaired) electrons. The number of benzene rings is 1. The summed E-state index contributed by atoms with van der Waals surface area (Å²) in [6.07, 6.45) is 5.76. The average molecular weight is 422 g/mol. The number of hydrogen-bond donors (Lipinski definition) is 2. The summed E-state index contributed by atoms with van der Waals surface area (Å²) in [6.45, 7) is 0.337. The molecule has 8 heteroatoms. The largest absolute Gasteiger partial charge is 0.486 e. The first kappa shape index (κ1) is 20.6. The van der Waals surface area contributed by atoms with Crippen molar-refractivity contribution in [3.05, 3.63) is 45.4 Å². The molecule has 0 bridgehead atoms. The first-order valence-electron chi connectivity index (χ1n) is 9.46. The first-order valence-corrected chi connectivity index (χ1v) is 10.7. The van der Waals surface area contributed by atoms with E-state index >= 15 is 0 Å². The molecule has 2 aromatic rings. The molecule has 1 aromatic carbocycles. The smallest absolute Gasteiger partial charge is 0.239 e. The number of aromatic nitrogens is 1. The molecule has 0 saturated heterocycles. The van der Waals surface area contributed by atoms with Crippen LogP contribution in [0.3, 0.4) is 0 Å². The highest BCUT2D eigenvalue weighted by molar-refractivity contribution is 7.09. The average Bonchev–Trinajstić information content (AvgIpc) is 3.14. The predicted molar refractivity (Wildman–Crippen MR) is 110 cm³/mol. The van der Waals surface area contributed by atoms with Crippen LogP contribution >= 0.6 is 22.9 Å². The quantitative estimate of drug-likeness (QED) is 0.683. The Morgan fingerprint density at radius 2 is 1.89 bits per heavy atom. The highest BCUT2D eigenvalue weighted by atomic mass is 35.5. The minimum absolute atomic E-state index is 0.00596. The van der Waals surface area contributed by atoms with Gasteiger partial charge in [-0.15, -0.1) is 11.3 Å². The van der Waals surface area contributed by atoms with Gasteiger partial charge in [0, 0.05) is 16.4 Å². The minimum Gasteiger partial charge on any atom is -0.486 e. The van der Waals surface area contributed by atoms with Crippen LogP contribution in [-0.4, -0.2) is 29.4 Å². The fourth-order valence-corrected chi connectivity index (χ4v) is 3.93. The van der Waals surface area contributed by atoms with E-state index in [1.165, 1.54) is 17.8 Å². The van der Waals surface area contributed by atoms with Gasteiger partial charge in [-0.25, -0.2) is 4.98 Å². The summed E-state index contributed by atoms with van der Waals surface area (Å²) in [5.74, 6) is 0.368. The Morgan fingerprint density at radius 3 is 2.64 bits per heavy atom. The molecule has 0 unspecified atom stereocenters. The molecular formula is C20H24ClN3O3S. The molecule has 150 valence electrons. The van der Waals surface area contributed by atoms with Crippen molar-refractivity contribution in [3.63, 3.8) is 0 Å². The topological polar surface area (TPSA) is 80.3 Å². The fourth-order valence-electron chi connectivity index (χ4n) is 3.10. The van der Waals surface area contributed by atoms with Crippen LogP contribution in [0, 0.1) is 0 Å². The van der Waals surface area contributed by atoms with Gasteiger partial charge in [-0.2, -0.15) is 0 Å². The van der Waals surface area contributed by atoms with Crippen LogP contribution in [0.1, 0.15) is 42.8 Å². The van der Waals surface area contributed by atoms with Crippen LogP contribution in [-0.2, 0) is 22.6 Å². The molecule has 6 nitrogen and oxygen atoms in total. The third-order valence-electron chi connectivity index (χ3n) is 4.53. The Kier molecular flexibility index (Phi) is 7.68. The standard InChI is InChI=1S/C20H24ClN3O3S/c21-14-6-8-17(9-7-14)27-12-20-24-16(13-28-20)10-18(25)22-11-19(26)23-15-4-2-1-3-5-15/h6-9,13,15H,1-5,10-12H2,(H,22,25)(H,23,26). The summed E-state index contributed by atoms with van der Waals surface area (Å²) >= 11 is 7.29. The Balaban J connectivity index is 1.37. The van der Waals surface area contributed by atoms with Crippen molar-refractivity contribution in [2.75, 3.05) is 6.54 Å². The van der Waals surface area contributed by atoms with Gasteiger partial charge in [0.25, 0.3) is 0 Å². The number of halogens is 1. The normalized spacial score (nSPS) is 14.5. The summed E-state index contributed by atoms with van der Waals surface area (Å²) in [4.78, 5) is 28.4. The van der Waals surface area contributed by atoms with Gasteiger partial charge >= 0.3 is 0 Å². The van der Waals surface area contributed by atoms with E-state index in [-0.39, 0.29) is 30.8 Å². The van der Waals surface area contributed by atoms with Crippen LogP contribution in [0.25, 0.3) is 0 Å². The van der Waals surface area contributed by atoms with Crippen LogP contribution < -0.4 is 15.4 Å². The van der Waals surface area contributed by atoms with Crippen molar-refractivity contribution in [1.82, 2.24) is 15.6 Å². The lowest BCUT2D eigenvalue weighted by atomic mass is 9.95. The summed E-state index contributed by atoms with van der Waals surface area (Å²) in [7, 11) is 0. The molecule has 1 saturated carbocycles. The third kappa shape index (κ3) is 6.80. The van der Waals surface area contributed by atoms with Crippen molar-refractivity contribution in [2.45, 2.75) is 51.2 Å². The zero-order valence-corrected chi connectivity index (χ0v) is 17.2. The molecule has 1 aliphatic rings. The molecule has 28 heavy (non-hydrogen) atoms. The molecule has 1 fully saturated rings. The second kappa shape index (κ2) is 10.4. The molecule has 0 spiro atoms. The molecule has 0 atom stereocenters. The molecule has 2 amide bonds. The van der Waals surface area contributed by atoms with E-state index in [1.54, 1.807) is 24.3 Å². The van der Waals surface area contributed by atoms with Crippen LogP contribution in [0.15, 0.2) is 29.6 Å². The third-order valence-corrected chi connectivity index (χ3v) is 5.66. The van der Waals surface area contributed by atoms with E-state index in [4.69, 9.17) is 16.3 Å². The number of carbonyl (C=O) groups is 2. The van der Waals surface area contributed by atoms with Crippen LogP contribution in [0.2, 0.25) is 5.02 Å². The molecule has 2 N–H and O–H groups in total. The van der Waals surface area contributed by atoms with E-state index in [0.717, 1.165) is 30.7 Å². The SMILES string of the molecule is O=C(Cc1csc(COc2ccc(Cl)cc2)n1)NCC(=O)NC1CCCCC1. The summed E-state index contributed by atoms with van der Waals surface area (Å²) in [5.41, 5.74) is 0.671. The maximum atomic E-state index is 12.1. The zero-order valence-electron chi connectivity index (χ0n) is 15.6. The fraction of sp³-hybridized carbons (Fsp3) is 0.450. The maximum absolute atomic E-state index is 12.1. The van der Waals surface area contributed by atoms with Crippen molar-refractivity contribution in [1.29, 1.82) is 0 Å². The number of nitrogens with zero attached hydrogens (tertiary/aromatic N) is 1. The second-order valence-electron chi connectivity index (χ2n) is 6.83. The summed E-state index contributed by atoms with van der Waals surface area (Å²) in [6, 6.07) is 7.36. The lowest BCUT2D eigenvalue weighted by molar-refractivity contribution is -0.126. The molecule has 0 aliphatic heterocycles. The zero-order chi connectivity index (χ0) is 19.8. The van der Waals surface area contributed by atoms with Gasteiger partial charge in [0.2, 0.25) is 11.8 Å². The number of ether oxygens (including phenoxy) is 1. The van der Waals surface area contributed by atoms with Crippen LogP contribution in [0.4, 0.5) is 0 Å². The highest BCUT2D eigenvalue weighted by Crippen LogP contribution is 2.19. The Hall–Kier alpha value is -2.12. The van der Waals surface area contributed by atoms with Crippen molar-refractivity contribution in [2.24, 2.45) is 0 Å². The molecular weight excluding hydrogens is 398 g/mol. The minimum atomic E-state index is -0.214. The maximum Gasteiger partial charge on any atom is 0.239 e. The molecule has 1 heterocycles. The predicted octanol–water partition coefficient (Wildman–Crippen LogP) is 3.48. The van der Waals surface area contributed by atoms with Gasteiger partial charge in [0.1, 0.15) is 17.4 Å². The highest BCUT2D eigenvalue weighted by Gasteiger charge is 2.16. The second-order valence-corrected chi connectivity index (χ2v) is 8.21. The molecule has 1 aliphatic carbocycles. The van der Waals surface area contributed by atoms with Gasteiger partial charge in [-0.3, -0.25) is 9.59 Å². The van der Waals surface area contributed by atoms with Crippen molar-refractivity contribution >= 4 is 34.8 Å². The van der Waals surface area contributed by atoms with E-state index in [0.29, 0.717) is 23.1 Å². The van der Waals surface area contributed by atoms with Crippen molar-refractivity contribution < 1.29 is 14.3 Å². The number of carbonyl (C=O) groups excluding carboxylic acids is 2. The number of rotatable bonds is 8. The number of thiazole rings is 1. The first-order chi connectivity index (χ1) is 13.6. The summed E-state index contributed by atoms with van der Waals surface area (Å²) < 4.78 is 5.65. The van der Waals surface area contributed by atoms with Gasteiger partial charge in [-0.1, -0.05) is 30.9 Å². The monoisotopic (exact) mass is 421 g/mol. The number of amides is 2. The Labute approximate surface area is 173 Å². The van der Waals surface area contributed by atoms with Gasteiger partial charge < -0.3 is 15.4 Å². The molecule has 3 rings (SSSR count). The van der Waals surface area contributed by atoms with Crippen molar-refractivity contribution in [3.8, 4) is 5.75 Å². The lowest BCUT2D eigenvalue weighted by Crippen LogP contribution is -2.43.